The van der Waals surface area contributed by atoms with Gasteiger partial charge in [0.25, 0.3) is 0 Å². The van der Waals surface area contributed by atoms with Gasteiger partial charge in [0, 0.05) is 6.92 Å². The Morgan fingerprint density at radius 3 is 0.950 bits per heavy atom. The molecule has 0 unspecified atom stereocenters. The SMILES string of the molecule is CC#N.O[C@@H]1CCCC[C@H]1O.O[C@@H]1CCCC[C@H]1O.[TeH2]. The molecule has 20 heavy (non-hydrogen) atoms. The number of hydrogen-bond acceptors (Lipinski definition) is 5. The number of nitriles is 1. The monoisotopic (exact) mass is 405 g/mol. The fraction of sp³-hybridized carbons (Fsp3) is 0.929. The summed E-state index contributed by atoms with van der Waals surface area (Å²) in [6.07, 6.45) is 5.62. The van der Waals surface area contributed by atoms with E-state index in [9.17, 15) is 0 Å². The van der Waals surface area contributed by atoms with Crippen LogP contribution in [0, 0.1) is 11.3 Å². The Morgan fingerprint density at radius 1 is 0.700 bits per heavy atom. The van der Waals surface area contributed by atoms with Crippen molar-refractivity contribution in [3.05, 3.63) is 0 Å². The molecule has 0 aromatic rings. The molecule has 0 bridgehead atoms. The summed E-state index contributed by atoms with van der Waals surface area (Å²) in [5.74, 6) is 0. The van der Waals surface area contributed by atoms with Crippen LogP contribution in [-0.4, -0.2) is 68.5 Å². The van der Waals surface area contributed by atoms with Crippen LogP contribution in [0.3, 0.4) is 0 Å². The van der Waals surface area contributed by atoms with Crippen molar-refractivity contribution in [3.8, 4) is 6.07 Å². The Labute approximate surface area is 138 Å². The quantitative estimate of drug-likeness (QED) is 0.432. The van der Waals surface area contributed by atoms with Crippen LogP contribution in [-0.2, 0) is 0 Å². The van der Waals surface area contributed by atoms with Crippen LogP contribution in [0.5, 0.6) is 0 Å². The van der Waals surface area contributed by atoms with E-state index in [1.165, 1.54) is 6.92 Å². The number of hydrogen-bond donors (Lipinski definition) is 4. The van der Waals surface area contributed by atoms with E-state index in [1.54, 1.807) is 6.07 Å². The van der Waals surface area contributed by atoms with E-state index in [0.717, 1.165) is 51.4 Å². The van der Waals surface area contributed by atoms with Gasteiger partial charge in [-0.15, -0.1) is 0 Å². The molecule has 6 heteroatoms. The molecule has 2 aliphatic rings. The fourth-order valence-electron chi connectivity index (χ4n) is 2.18. The molecule has 0 aliphatic heterocycles. The van der Waals surface area contributed by atoms with Gasteiger partial charge < -0.3 is 20.4 Å². The molecule has 0 amide bonds. The zero-order valence-electron chi connectivity index (χ0n) is 12.2. The van der Waals surface area contributed by atoms with E-state index in [-0.39, 0.29) is 23.7 Å². The predicted octanol–water partition coefficient (Wildman–Crippen LogP) is 0.178. The van der Waals surface area contributed by atoms with Crippen LogP contribution in [0.15, 0.2) is 0 Å². The van der Waals surface area contributed by atoms with Gasteiger partial charge in [0.2, 0.25) is 0 Å². The van der Waals surface area contributed by atoms with Crippen molar-refractivity contribution >= 4 is 23.7 Å². The van der Waals surface area contributed by atoms with E-state index in [1.807, 2.05) is 0 Å². The summed E-state index contributed by atoms with van der Waals surface area (Å²) >= 11 is 0. The molecular formula is C14H29NO4Te. The first kappa shape index (κ1) is 22.4. The molecule has 0 spiro atoms. The maximum absolute atomic E-state index is 8.93. The van der Waals surface area contributed by atoms with Gasteiger partial charge in [0.15, 0.2) is 0 Å². The second-order valence-corrected chi connectivity index (χ2v) is 5.06. The van der Waals surface area contributed by atoms with Crippen molar-refractivity contribution in [1.82, 2.24) is 0 Å². The second kappa shape index (κ2) is 14.1. The molecule has 2 saturated carbocycles. The third-order valence-corrected chi connectivity index (χ3v) is 3.39. The minimum atomic E-state index is -0.441. The summed E-state index contributed by atoms with van der Waals surface area (Å²) in [5, 5.41) is 43.0. The number of aliphatic hydroxyl groups excluding tert-OH is 4. The topological polar surface area (TPSA) is 105 Å². The molecule has 4 N–H and O–H groups in total. The summed E-state index contributed by atoms with van der Waals surface area (Å²) < 4.78 is 0. The molecular weight excluding hydrogens is 374 g/mol. The molecule has 4 atom stereocenters. The van der Waals surface area contributed by atoms with Crippen LogP contribution in [0.2, 0.25) is 0 Å². The van der Waals surface area contributed by atoms with Crippen molar-refractivity contribution in [1.29, 1.82) is 5.26 Å². The Hall–Kier alpha value is 0.120. The molecule has 120 valence electrons. The Kier molecular flexibility index (Phi) is 15.8. The summed E-state index contributed by atoms with van der Waals surface area (Å²) in [7, 11) is 0. The fourth-order valence-corrected chi connectivity index (χ4v) is 2.18. The molecule has 0 aromatic carbocycles. The van der Waals surface area contributed by atoms with Gasteiger partial charge >= 0.3 is 23.7 Å². The van der Waals surface area contributed by atoms with E-state index < -0.39 is 24.4 Å². The zero-order valence-corrected chi connectivity index (χ0v) is 15.1. The van der Waals surface area contributed by atoms with Crippen LogP contribution in [0.1, 0.15) is 58.3 Å². The average Bonchev–Trinajstić information content (AvgIpc) is 2.38. The molecule has 5 nitrogen and oxygen atoms in total. The molecule has 0 heterocycles. The Balaban J connectivity index is 0. The van der Waals surface area contributed by atoms with Crippen molar-refractivity contribution in [2.75, 3.05) is 0 Å². The normalized spacial score (nSPS) is 32.2. The van der Waals surface area contributed by atoms with Crippen LogP contribution >= 0.6 is 0 Å². The summed E-state index contributed by atoms with van der Waals surface area (Å²) in [6.45, 7) is 1.43. The van der Waals surface area contributed by atoms with Crippen LogP contribution in [0.4, 0.5) is 0 Å². The Morgan fingerprint density at radius 2 is 0.850 bits per heavy atom. The van der Waals surface area contributed by atoms with Gasteiger partial charge in [-0.2, -0.15) is 5.26 Å². The average molecular weight is 403 g/mol. The van der Waals surface area contributed by atoms with Crippen molar-refractivity contribution in [2.24, 2.45) is 0 Å². The van der Waals surface area contributed by atoms with E-state index >= 15 is 0 Å². The number of rotatable bonds is 0. The number of nitrogens with zero attached hydrogens (tertiary/aromatic N) is 1. The predicted molar refractivity (Wildman–Crippen MR) is 80.8 cm³/mol. The second-order valence-electron chi connectivity index (χ2n) is 5.06. The summed E-state index contributed by atoms with van der Waals surface area (Å²) in [4.78, 5) is 0. The van der Waals surface area contributed by atoms with E-state index in [2.05, 4.69) is 0 Å². The molecule has 2 rings (SSSR count). The van der Waals surface area contributed by atoms with Crippen molar-refractivity contribution < 1.29 is 20.4 Å². The first-order valence-electron chi connectivity index (χ1n) is 7.06. The first-order chi connectivity index (χ1) is 9.02. The first-order valence-corrected chi connectivity index (χ1v) is 7.06. The molecule has 2 aliphatic carbocycles. The number of aliphatic hydroxyl groups is 4. The molecule has 0 radical (unpaired) electrons. The summed E-state index contributed by atoms with van der Waals surface area (Å²) in [6, 6.07) is 1.75. The van der Waals surface area contributed by atoms with E-state index in [4.69, 9.17) is 25.7 Å². The van der Waals surface area contributed by atoms with Crippen LogP contribution < -0.4 is 0 Å². The molecule has 0 saturated heterocycles. The van der Waals surface area contributed by atoms with Crippen molar-refractivity contribution in [2.45, 2.75) is 82.7 Å². The minimum absolute atomic E-state index is 0. The Bertz CT molecular complexity index is 220. The van der Waals surface area contributed by atoms with Crippen molar-refractivity contribution in [3.63, 3.8) is 0 Å². The standard InChI is InChI=1S/2C6H12O2.C2H3N.H2Te/c2*7-5-3-1-2-4-6(5)8;1-2-3;/h2*5-8H,1-4H2;1H3;1H2/t2*5-,6-;;/m11../s1. The maximum atomic E-state index is 8.93. The third-order valence-electron chi connectivity index (χ3n) is 3.39. The van der Waals surface area contributed by atoms with Crippen LogP contribution in [0.25, 0.3) is 0 Å². The molecule has 0 aromatic heterocycles. The van der Waals surface area contributed by atoms with Gasteiger partial charge in [0.1, 0.15) is 0 Å². The van der Waals surface area contributed by atoms with Gasteiger partial charge in [-0.05, 0) is 25.7 Å². The molecule has 2 fully saturated rings. The zero-order chi connectivity index (χ0) is 14.7. The van der Waals surface area contributed by atoms with Gasteiger partial charge in [-0.25, -0.2) is 0 Å². The van der Waals surface area contributed by atoms with E-state index in [0.29, 0.717) is 0 Å². The van der Waals surface area contributed by atoms with Gasteiger partial charge in [-0.1, -0.05) is 25.7 Å². The van der Waals surface area contributed by atoms with Gasteiger partial charge in [-0.3, -0.25) is 0 Å². The third kappa shape index (κ3) is 10.9. The van der Waals surface area contributed by atoms with Gasteiger partial charge in [0.05, 0.1) is 30.5 Å². The summed E-state index contributed by atoms with van der Waals surface area (Å²) in [5.41, 5.74) is 0.